The van der Waals surface area contributed by atoms with Crippen LogP contribution in [-0.4, -0.2) is 38.0 Å². The fourth-order valence-corrected chi connectivity index (χ4v) is 2.86. The molecule has 0 aromatic heterocycles. The molecule has 0 radical (unpaired) electrons. The van der Waals surface area contributed by atoms with Crippen LogP contribution in [0.5, 0.6) is 11.5 Å². The number of carbonyl (C=O) groups is 2. The van der Waals surface area contributed by atoms with E-state index in [0.29, 0.717) is 17.2 Å². The first kappa shape index (κ1) is 21.1. The molecule has 0 bridgehead atoms. The number of methoxy groups -OCH3 is 1. The van der Waals surface area contributed by atoms with Gasteiger partial charge in [-0.1, -0.05) is 24.3 Å². The van der Waals surface area contributed by atoms with E-state index >= 15 is 0 Å². The summed E-state index contributed by atoms with van der Waals surface area (Å²) in [6.45, 7) is -0.292. The highest BCUT2D eigenvalue weighted by molar-refractivity contribution is 7.99. The van der Waals surface area contributed by atoms with Crippen molar-refractivity contribution in [2.45, 2.75) is 11.3 Å². The Hall–Kier alpha value is -3.18. The fraction of sp³-hybridized carbons (Fsp3) is 0.250. The number of hydrogen-bond donors (Lipinski definition) is 1. The number of benzene rings is 2. The quantitative estimate of drug-likeness (QED) is 0.483. The second kappa shape index (κ2) is 11.5. The number of carbonyl (C=O) groups excluding carboxylic acids is 2. The third kappa shape index (κ3) is 6.85. The average Bonchev–Trinajstić information content (AvgIpc) is 2.72. The van der Waals surface area contributed by atoms with Crippen molar-refractivity contribution >= 4 is 29.3 Å². The first-order chi connectivity index (χ1) is 13.6. The standard InChI is InChI=1S/C20H20N2O5S/c1-25-16-7-3-4-8-17(16)26-12-10-20(24)27-14-19(23)22-15-6-2-5-9-18(15)28-13-11-21/h2-9H,10,12-14H2,1H3,(H,22,23). The van der Waals surface area contributed by atoms with Crippen LogP contribution in [0.1, 0.15) is 6.42 Å². The molecule has 2 rings (SSSR count). The molecule has 0 fully saturated rings. The first-order valence-electron chi connectivity index (χ1n) is 8.44. The predicted octanol–water partition coefficient (Wildman–Crippen LogP) is 3.26. The summed E-state index contributed by atoms with van der Waals surface area (Å²) in [4.78, 5) is 24.6. The minimum Gasteiger partial charge on any atom is -0.493 e. The zero-order valence-electron chi connectivity index (χ0n) is 15.3. The Morgan fingerprint density at radius 3 is 2.57 bits per heavy atom. The van der Waals surface area contributed by atoms with Crippen molar-refractivity contribution in [1.82, 2.24) is 0 Å². The molecule has 0 saturated heterocycles. The summed E-state index contributed by atoms with van der Waals surface area (Å²) in [7, 11) is 1.53. The molecule has 0 atom stereocenters. The summed E-state index contributed by atoms with van der Waals surface area (Å²) >= 11 is 1.32. The number of nitrogens with one attached hydrogen (secondary N) is 1. The van der Waals surface area contributed by atoms with Crippen molar-refractivity contribution in [1.29, 1.82) is 5.26 Å². The Kier molecular flexibility index (Phi) is 8.69. The summed E-state index contributed by atoms with van der Waals surface area (Å²) in [5, 5.41) is 11.4. The van der Waals surface area contributed by atoms with Crippen molar-refractivity contribution in [3.63, 3.8) is 0 Å². The monoisotopic (exact) mass is 400 g/mol. The topological polar surface area (TPSA) is 97.7 Å². The van der Waals surface area contributed by atoms with Crippen LogP contribution < -0.4 is 14.8 Å². The van der Waals surface area contributed by atoms with E-state index in [1.54, 1.807) is 36.4 Å². The van der Waals surface area contributed by atoms with Gasteiger partial charge >= 0.3 is 5.97 Å². The number of esters is 1. The molecular formula is C20H20N2O5S. The molecule has 146 valence electrons. The van der Waals surface area contributed by atoms with Crippen LogP contribution in [0.4, 0.5) is 5.69 Å². The lowest BCUT2D eigenvalue weighted by Gasteiger charge is -2.11. The Labute approximate surface area is 167 Å². The number of hydrogen-bond acceptors (Lipinski definition) is 7. The van der Waals surface area contributed by atoms with E-state index in [9.17, 15) is 9.59 Å². The third-order valence-corrected chi connectivity index (χ3v) is 4.39. The molecule has 0 unspecified atom stereocenters. The molecule has 0 heterocycles. The van der Waals surface area contributed by atoms with Crippen LogP contribution in [0.15, 0.2) is 53.4 Å². The van der Waals surface area contributed by atoms with Crippen LogP contribution in [0, 0.1) is 11.3 Å². The van der Waals surface area contributed by atoms with E-state index in [1.165, 1.54) is 18.9 Å². The van der Waals surface area contributed by atoms with Crippen molar-refractivity contribution in [3.05, 3.63) is 48.5 Å². The van der Waals surface area contributed by atoms with Gasteiger partial charge in [0, 0.05) is 4.90 Å². The number of anilines is 1. The SMILES string of the molecule is COc1ccccc1OCCC(=O)OCC(=O)Nc1ccccc1SCC#N. The van der Waals surface area contributed by atoms with Crippen molar-refractivity contribution < 1.29 is 23.8 Å². The molecule has 28 heavy (non-hydrogen) atoms. The van der Waals surface area contributed by atoms with Gasteiger partial charge in [-0.3, -0.25) is 9.59 Å². The molecule has 7 nitrogen and oxygen atoms in total. The van der Waals surface area contributed by atoms with E-state index in [1.807, 2.05) is 18.2 Å². The lowest BCUT2D eigenvalue weighted by Crippen LogP contribution is -2.22. The van der Waals surface area contributed by atoms with Crippen molar-refractivity contribution in [3.8, 4) is 17.6 Å². The number of thioether (sulfide) groups is 1. The second-order valence-corrected chi connectivity index (χ2v) is 6.42. The number of ether oxygens (including phenoxy) is 3. The maximum atomic E-state index is 12.0. The number of nitrogens with zero attached hydrogens (tertiary/aromatic N) is 1. The zero-order valence-corrected chi connectivity index (χ0v) is 16.2. The minimum absolute atomic E-state index is 0.0000627. The highest BCUT2D eigenvalue weighted by atomic mass is 32.2. The molecule has 0 aliphatic heterocycles. The van der Waals surface area contributed by atoms with Gasteiger partial charge in [0.05, 0.1) is 37.6 Å². The van der Waals surface area contributed by atoms with E-state index in [2.05, 4.69) is 5.32 Å². The predicted molar refractivity (Wildman–Crippen MR) is 105 cm³/mol. The number of para-hydroxylation sites is 3. The molecule has 0 aliphatic rings. The highest BCUT2D eigenvalue weighted by Gasteiger charge is 2.11. The van der Waals surface area contributed by atoms with Gasteiger partial charge in [0.1, 0.15) is 0 Å². The van der Waals surface area contributed by atoms with Crippen LogP contribution >= 0.6 is 11.8 Å². The molecule has 0 spiro atoms. The Bertz CT molecular complexity index is 850. The highest BCUT2D eigenvalue weighted by Crippen LogP contribution is 2.27. The van der Waals surface area contributed by atoms with Crippen LogP contribution in [-0.2, 0) is 14.3 Å². The summed E-state index contributed by atoms with van der Waals surface area (Å²) in [5.74, 6) is 0.375. The molecule has 2 aromatic carbocycles. The Morgan fingerprint density at radius 2 is 1.82 bits per heavy atom. The summed E-state index contributed by atoms with van der Waals surface area (Å²) in [6.07, 6.45) is -0.0000627. The van der Waals surface area contributed by atoms with Gasteiger partial charge in [-0.05, 0) is 24.3 Å². The van der Waals surface area contributed by atoms with Gasteiger partial charge in [0.25, 0.3) is 5.91 Å². The number of rotatable bonds is 10. The van der Waals surface area contributed by atoms with E-state index in [0.717, 1.165) is 4.90 Å². The summed E-state index contributed by atoms with van der Waals surface area (Å²) < 4.78 is 15.6. The second-order valence-electron chi connectivity index (χ2n) is 5.40. The largest absolute Gasteiger partial charge is 0.493 e. The zero-order chi connectivity index (χ0) is 20.2. The minimum atomic E-state index is -0.544. The molecule has 1 amide bonds. The molecule has 1 N–H and O–H groups in total. The molecular weight excluding hydrogens is 380 g/mol. The fourth-order valence-electron chi connectivity index (χ4n) is 2.19. The maximum absolute atomic E-state index is 12.0. The summed E-state index contributed by atoms with van der Waals surface area (Å²) in [6, 6.07) is 16.3. The van der Waals surface area contributed by atoms with E-state index in [4.69, 9.17) is 19.5 Å². The summed E-state index contributed by atoms with van der Waals surface area (Å²) in [5.41, 5.74) is 0.573. The molecule has 0 saturated carbocycles. The van der Waals surface area contributed by atoms with Crippen LogP contribution in [0.25, 0.3) is 0 Å². The average molecular weight is 400 g/mol. The smallest absolute Gasteiger partial charge is 0.309 e. The van der Waals surface area contributed by atoms with Crippen molar-refractivity contribution in [2.75, 3.05) is 31.4 Å². The number of nitriles is 1. The molecule has 2 aromatic rings. The van der Waals surface area contributed by atoms with Gasteiger partial charge in [0.15, 0.2) is 18.1 Å². The van der Waals surface area contributed by atoms with Crippen LogP contribution in [0.3, 0.4) is 0 Å². The van der Waals surface area contributed by atoms with Crippen LogP contribution in [0.2, 0.25) is 0 Å². The van der Waals surface area contributed by atoms with Crippen molar-refractivity contribution in [2.24, 2.45) is 0 Å². The van der Waals surface area contributed by atoms with E-state index < -0.39 is 18.5 Å². The first-order valence-corrected chi connectivity index (χ1v) is 9.42. The normalized spacial score (nSPS) is 9.86. The van der Waals surface area contributed by atoms with Gasteiger partial charge < -0.3 is 19.5 Å². The Morgan fingerprint density at radius 1 is 1.11 bits per heavy atom. The van der Waals surface area contributed by atoms with E-state index in [-0.39, 0.29) is 18.8 Å². The maximum Gasteiger partial charge on any atom is 0.309 e. The Balaban J connectivity index is 1.74. The van der Waals surface area contributed by atoms with Gasteiger partial charge in [-0.25, -0.2) is 0 Å². The third-order valence-electron chi connectivity index (χ3n) is 3.45. The van der Waals surface area contributed by atoms with Gasteiger partial charge in [-0.15, -0.1) is 11.8 Å². The molecule has 8 heteroatoms. The molecule has 0 aliphatic carbocycles. The lowest BCUT2D eigenvalue weighted by atomic mass is 10.3. The van der Waals surface area contributed by atoms with Gasteiger partial charge in [-0.2, -0.15) is 5.26 Å². The number of amides is 1. The lowest BCUT2D eigenvalue weighted by molar-refractivity contribution is -0.147. The van der Waals surface area contributed by atoms with Gasteiger partial charge in [0.2, 0.25) is 0 Å².